The quantitative estimate of drug-likeness (QED) is 0.766. The number of fused-ring (bicyclic) bond motifs is 1. The lowest BCUT2D eigenvalue weighted by atomic mass is 10.2. The van der Waals surface area contributed by atoms with Gasteiger partial charge in [-0.15, -0.1) is 0 Å². The molecule has 0 radical (unpaired) electrons. The zero-order chi connectivity index (χ0) is 11.1. The van der Waals surface area contributed by atoms with Crippen LogP contribution in [0.4, 0.5) is 19.0 Å². The lowest BCUT2D eigenvalue weighted by molar-refractivity contribution is -0.136. The molecule has 15 heavy (non-hydrogen) atoms. The van der Waals surface area contributed by atoms with E-state index in [4.69, 9.17) is 0 Å². The monoisotopic (exact) mass is 216 g/mol. The third-order valence-electron chi connectivity index (χ3n) is 2.01. The SMILES string of the molecule is CNc1ncnc2[nH]cc(C(F)(F)F)c12. The fourth-order valence-electron chi connectivity index (χ4n) is 1.38. The van der Waals surface area contributed by atoms with Crippen molar-refractivity contribution in [1.29, 1.82) is 0 Å². The number of anilines is 1. The zero-order valence-electron chi connectivity index (χ0n) is 7.68. The van der Waals surface area contributed by atoms with Gasteiger partial charge in [0.25, 0.3) is 0 Å². The molecule has 0 aliphatic heterocycles. The molecule has 2 heterocycles. The van der Waals surface area contributed by atoms with Gasteiger partial charge in [-0.3, -0.25) is 0 Å². The molecule has 0 bridgehead atoms. The Labute approximate surface area is 82.5 Å². The standard InChI is InChI=1S/C8H7F3N4/c1-12-6-5-4(8(9,10)11)2-13-7(5)15-3-14-6/h2-3H,1H3,(H2,12,13,14,15). The van der Waals surface area contributed by atoms with Crippen LogP contribution in [0.15, 0.2) is 12.5 Å². The van der Waals surface area contributed by atoms with Gasteiger partial charge in [0.2, 0.25) is 0 Å². The summed E-state index contributed by atoms with van der Waals surface area (Å²) >= 11 is 0. The topological polar surface area (TPSA) is 53.6 Å². The van der Waals surface area contributed by atoms with Crippen LogP contribution in [0.25, 0.3) is 11.0 Å². The second kappa shape index (κ2) is 3.11. The van der Waals surface area contributed by atoms with Gasteiger partial charge in [0.1, 0.15) is 17.8 Å². The third-order valence-corrected chi connectivity index (χ3v) is 2.01. The van der Waals surface area contributed by atoms with Gasteiger partial charge in [-0.2, -0.15) is 13.2 Å². The van der Waals surface area contributed by atoms with Crippen LogP contribution in [0, 0.1) is 0 Å². The maximum Gasteiger partial charge on any atom is 0.418 e. The lowest BCUT2D eigenvalue weighted by Gasteiger charge is -2.06. The second-order valence-electron chi connectivity index (χ2n) is 2.90. The van der Waals surface area contributed by atoms with Gasteiger partial charge < -0.3 is 10.3 Å². The Bertz CT molecular complexity index is 488. The van der Waals surface area contributed by atoms with Gasteiger partial charge in [0.05, 0.1) is 10.9 Å². The summed E-state index contributed by atoms with van der Waals surface area (Å²) < 4.78 is 37.7. The molecule has 2 rings (SSSR count). The number of hydrogen-bond acceptors (Lipinski definition) is 3. The highest BCUT2D eigenvalue weighted by Crippen LogP contribution is 2.36. The van der Waals surface area contributed by atoms with Crippen LogP contribution in [0.1, 0.15) is 5.56 Å². The van der Waals surface area contributed by atoms with Crippen LogP contribution in [0.3, 0.4) is 0 Å². The van der Waals surface area contributed by atoms with E-state index in [-0.39, 0.29) is 16.9 Å². The van der Waals surface area contributed by atoms with E-state index in [2.05, 4.69) is 20.3 Å². The molecule has 7 heteroatoms. The molecule has 0 aliphatic rings. The fourth-order valence-corrected chi connectivity index (χ4v) is 1.38. The molecule has 0 atom stereocenters. The highest BCUT2D eigenvalue weighted by Gasteiger charge is 2.35. The molecule has 80 valence electrons. The minimum absolute atomic E-state index is 0.0347. The van der Waals surface area contributed by atoms with E-state index in [9.17, 15) is 13.2 Å². The number of rotatable bonds is 1. The first-order chi connectivity index (χ1) is 7.04. The average molecular weight is 216 g/mol. The smallest absolute Gasteiger partial charge is 0.372 e. The number of halogens is 3. The molecule has 0 unspecified atom stereocenters. The highest BCUT2D eigenvalue weighted by molar-refractivity contribution is 5.90. The van der Waals surface area contributed by atoms with E-state index < -0.39 is 11.7 Å². The van der Waals surface area contributed by atoms with Crippen LogP contribution in [-0.4, -0.2) is 22.0 Å². The number of H-pyrrole nitrogens is 1. The predicted octanol–water partition coefficient (Wildman–Crippen LogP) is 2.02. The Morgan fingerprint density at radius 3 is 2.67 bits per heavy atom. The van der Waals surface area contributed by atoms with Crippen molar-refractivity contribution in [2.24, 2.45) is 0 Å². The summed E-state index contributed by atoms with van der Waals surface area (Å²) in [6.07, 6.45) is -2.32. The Morgan fingerprint density at radius 1 is 1.33 bits per heavy atom. The highest BCUT2D eigenvalue weighted by atomic mass is 19.4. The summed E-state index contributed by atoms with van der Waals surface area (Å²) in [7, 11) is 1.51. The van der Waals surface area contributed by atoms with E-state index >= 15 is 0 Å². The molecule has 2 N–H and O–H groups in total. The summed E-state index contributed by atoms with van der Waals surface area (Å²) in [5.74, 6) is 0.161. The number of aromatic nitrogens is 3. The largest absolute Gasteiger partial charge is 0.418 e. The summed E-state index contributed by atoms with van der Waals surface area (Å²) in [6, 6.07) is 0. The predicted molar refractivity (Wildman–Crippen MR) is 48.4 cm³/mol. The van der Waals surface area contributed by atoms with Gasteiger partial charge in [0, 0.05) is 13.2 Å². The van der Waals surface area contributed by atoms with Gasteiger partial charge >= 0.3 is 6.18 Å². The molecule has 2 aromatic heterocycles. The van der Waals surface area contributed by atoms with Crippen LogP contribution >= 0.6 is 0 Å². The van der Waals surface area contributed by atoms with Crippen molar-refractivity contribution < 1.29 is 13.2 Å². The summed E-state index contributed by atoms with van der Waals surface area (Å²) in [6.45, 7) is 0. The first kappa shape index (κ1) is 9.75. The van der Waals surface area contributed by atoms with Crippen molar-refractivity contribution in [2.45, 2.75) is 6.18 Å². The summed E-state index contributed by atoms with van der Waals surface area (Å²) in [4.78, 5) is 9.91. The van der Waals surface area contributed by atoms with Crippen molar-refractivity contribution in [2.75, 3.05) is 12.4 Å². The van der Waals surface area contributed by atoms with Crippen LogP contribution in [0.5, 0.6) is 0 Å². The van der Waals surface area contributed by atoms with E-state index in [0.29, 0.717) is 0 Å². The minimum atomic E-state index is -4.41. The Kier molecular flexibility index (Phi) is 2.02. The van der Waals surface area contributed by atoms with E-state index in [1.165, 1.54) is 13.4 Å². The van der Waals surface area contributed by atoms with Gasteiger partial charge in [-0.25, -0.2) is 9.97 Å². The molecule has 0 saturated heterocycles. The maximum atomic E-state index is 12.6. The van der Waals surface area contributed by atoms with Crippen molar-refractivity contribution in [1.82, 2.24) is 15.0 Å². The maximum absolute atomic E-state index is 12.6. The van der Waals surface area contributed by atoms with Gasteiger partial charge in [0.15, 0.2) is 0 Å². The molecule has 0 fully saturated rings. The van der Waals surface area contributed by atoms with Crippen molar-refractivity contribution in [3.05, 3.63) is 18.1 Å². The number of hydrogen-bond donors (Lipinski definition) is 2. The van der Waals surface area contributed by atoms with Crippen LogP contribution in [0.2, 0.25) is 0 Å². The number of aromatic amines is 1. The van der Waals surface area contributed by atoms with Crippen LogP contribution < -0.4 is 5.32 Å². The molecule has 4 nitrogen and oxygen atoms in total. The fraction of sp³-hybridized carbons (Fsp3) is 0.250. The Hall–Kier alpha value is -1.79. The van der Waals surface area contributed by atoms with E-state index in [1.807, 2.05) is 0 Å². The molecular formula is C8H7F3N4. The summed E-state index contributed by atoms with van der Waals surface area (Å²) in [5.41, 5.74) is -0.593. The Morgan fingerprint density at radius 2 is 2.07 bits per heavy atom. The number of nitrogens with one attached hydrogen (secondary N) is 2. The van der Waals surface area contributed by atoms with Gasteiger partial charge in [-0.05, 0) is 0 Å². The van der Waals surface area contributed by atoms with E-state index in [0.717, 1.165) is 6.20 Å². The normalized spacial score (nSPS) is 12.0. The third kappa shape index (κ3) is 1.49. The molecule has 0 spiro atoms. The molecule has 0 saturated carbocycles. The Balaban J connectivity index is 2.77. The van der Waals surface area contributed by atoms with Gasteiger partial charge in [-0.1, -0.05) is 0 Å². The first-order valence-electron chi connectivity index (χ1n) is 4.11. The molecule has 0 aliphatic carbocycles. The minimum Gasteiger partial charge on any atom is -0.372 e. The van der Waals surface area contributed by atoms with E-state index in [1.54, 1.807) is 0 Å². The molecular weight excluding hydrogens is 209 g/mol. The molecule has 0 aromatic carbocycles. The van der Waals surface area contributed by atoms with Crippen molar-refractivity contribution in [3.63, 3.8) is 0 Å². The zero-order valence-corrected chi connectivity index (χ0v) is 7.68. The number of alkyl halides is 3. The van der Waals surface area contributed by atoms with Crippen molar-refractivity contribution in [3.8, 4) is 0 Å². The van der Waals surface area contributed by atoms with Crippen molar-refractivity contribution >= 4 is 16.9 Å². The summed E-state index contributed by atoms with van der Waals surface area (Å²) in [5, 5.41) is 2.56. The number of nitrogens with zero attached hydrogens (tertiary/aromatic N) is 2. The molecule has 2 aromatic rings. The second-order valence-corrected chi connectivity index (χ2v) is 2.90. The lowest BCUT2D eigenvalue weighted by Crippen LogP contribution is -2.05. The van der Waals surface area contributed by atoms with Crippen LogP contribution in [-0.2, 0) is 6.18 Å². The first-order valence-corrected chi connectivity index (χ1v) is 4.11. The molecule has 0 amide bonds. The average Bonchev–Trinajstić information content (AvgIpc) is 2.59.